The number of rotatable bonds is 2. The fourth-order valence-electron chi connectivity index (χ4n) is 0.130. The van der Waals surface area contributed by atoms with Crippen molar-refractivity contribution in [2.24, 2.45) is 0 Å². The van der Waals surface area contributed by atoms with Crippen molar-refractivity contribution >= 4 is 35.8 Å². The fourth-order valence-corrected chi connectivity index (χ4v) is 0.581. The molecule has 0 N–H and O–H groups in total. The lowest BCUT2D eigenvalue weighted by Gasteiger charge is -1.95. The quantitative estimate of drug-likeness (QED) is 0.282. The van der Waals surface area contributed by atoms with E-state index in [1.54, 1.807) is 6.08 Å². The van der Waals surface area contributed by atoms with Gasteiger partial charge in [0.25, 0.3) is 0 Å². The molecule has 0 nitrogen and oxygen atoms in total. The van der Waals surface area contributed by atoms with Crippen LogP contribution in [0, 0.1) is 6.32 Å². The first-order chi connectivity index (χ1) is 2.77. The molecule has 0 saturated heterocycles. The summed E-state index contributed by atoms with van der Waals surface area (Å²) in [6.07, 6.45) is 3.80. The Kier molecular flexibility index (Phi) is 4.56. The van der Waals surface area contributed by atoms with E-state index in [1.165, 1.54) is 0 Å². The first-order valence-corrected chi connectivity index (χ1v) is 3.54. The normalized spacial score (nSPS) is 7.00. The zero-order chi connectivity index (χ0) is 4.99. The van der Waals surface area contributed by atoms with E-state index in [4.69, 9.17) is 0 Å². The lowest BCUT2D eigenvalue weighted by Crippen LogP contribution is -1.85. The van der Waals surface area contributed by atoms with Crippen LogP contribution in [0.2, 0.25) is 0 Å². The standard InChI is InChI=1S/C3H6BIP/c1-2-3-4(5)6/h2-3H,1,6H2/q-1. The minimum Gasteiger partial charge on any atom is -0.245 e. The van der Waals surface area contributed by atoms with E-state index in [1.807, 2.05) is 6.32 Å². The minimum absolute atomic E-state index is 0.542. The second-order valence-electron chi connectivity index (χ2n) is 0.873. The van der Waals surface area contributed by atoms with Gasteiger partial charge in [-0.2, -0.15) is 31.5 Å². The molecule has 0 rings (SSSR count). The Labute approximate surface area is 54.9 Å². The Balaban J connectivity index is 2.81. The molecular weight excluding hydrogens is 205 g/mol. The summed E-state index contributed by atoms with van der Waals surface area (Å²) in [5.74, 6) is 0. The molecular formula is C3H6BIP-. The number of hydrogen-bond acceptors (Lipinski definition) is 0. The van der Waals surface area contributed by atoms with Crippen molar-refractivity contribution in [2.75, 3.05) is 0 Å². The van der Waals surface area contributed by atoms with Crippen LogP contribution in [0.1, 0.15) is 0 Å². The van der Waals surface area contributed by atoms with Gasteiger partial charge < -0.3 is 0 Å². The van der Waals surface area contributed by atoms with Crippen LogP contribution in [0.5, 0.6) is 0 Å². The van der Waals surface area contributed by atoms with Gasteiger partial charge in [0.2, 0.25) is 0 Å². The van der Waals surface area contributed by atoms with E-state index in [-0.39, 0.29) is 0 Å². The van der Waals surface area contributed by atoms with Crippen LogP contribution in [0.4, 0.5) is 0 Å². The Bertz CT molecular complexity index is 46.1. The molecule has 0 fully saturated rings. The summed E-state index contributed by atoms with van der Waals surface area (Å²) in [4.78, 5) is 0. The average molecular weight is 211 g/mol. The van der Waals surface area contributed by atoms with Gasteiger partial charge in [0.05, 0.1) is 0 Å². The number of halogens is 1. The summed E-state index contributed by atoms with van der Waals surface area (Å²) in [5, 5.41) is 0. The molecule has 0 aliphatic heterocycles. The van der Waals surface area contributed by atoms with Gasteiger partial charge in [-0.05, 0) is 0 Å². The third-order valence-corrected chi connectivity index (χ3v) is 0.957. The lowest BCUT2D eigenvalue weighted by atomic mass is 10.0. The third-order valence-electron chi connectivity index (χ3n) is 0.320. The molecule has 0 radical (unpaired) electrons. The van der Waals surface area contributed by atoms with E-state index in [0.29, 0.717) is 4.29 Å². The highest BCUT2D eigenvalue weighted by Gasteiger charge is 1.83. The molecule has 3 heteroatoms. The monoisotopic (exact) mass is 211 g/mol. The van der Waals surface area contributed by atoms with Crippen molar-refractivity contribution in [1.29, 1.82) is 0 Å². The first-order valence-electron chi connectivity index (χ1n) is 1.63. The number of hydrogen-bond donors (Lipinski definition) is 0. The van der Waals surface area contributed by atoms with Crippen molar-refractivity contribution in [3.05, 3.63) is 19.0 Å². The fraction of sp³-hybridized carbons (Fsp3) is 0. The van der Waals surface area contributed by atoms with Crippen molar-refractivity contribution < 1.29 is 0 Å². The zero-order valence-corrected chi connectivity index (χ0v) is 6.71. The molecule has 0 heterocycles. The van der Waals surface area contributed by atoms with Crippen LogP contribution < -0.4 is 0 Å². The molecule has 0 aromatic heterocycles. The van der Waals surface area contributed by atoms with E-state index in [0.717, 1.165) is 0 Å². The van der Waals surface area contributed by atoms with Crippen LogP contribution in [-0.4, -0.2) is 4.29 Å². The van der Waals surface area contributed by atoms with Crippen molar-refractivity contribution in [2.45, 2.75) is 0 Å². The Morgan fingerprint density at radius 2 is 2.50 bits per heavy atom. The second-order valence-corrected chi connectivity index (χ2v) is 4.39. The van der Waals surface area contributed by atoms with E-state index < -0.39 is 0 Å². The molecule has 34 valence electrons. The second kappa shape index (κ2) is 4.01. The highest BCUT2D eigenvalue weighted by atomic mass is 127. The van der Waals surface area contributed by atoms with Crippen LogP contribution in [0.15, 0.2) is 12.7 Å². The third kappa shape index (κ3) is 4.83. The molecule has 0 aliphatic carbocycles. The predicted octanol–water partition coefficient (Wildman–Crippen LogP) is 1.71. The predicted molar refractivity (Wildman–Crippen MR) is 44.0 cm³/mol. The van der Waals surface area contributed by atoms with Crippen LogP contribution in [0.3, 0.4) is 0 Å². The Morgan fingerprint density at radius 3 is 2.50 bits per heavy atom. The molecule has 0 aromatic carbocycles. The van der Waals surface area contributed by atoms with Crippen LogP contribution in [-0.2, 0) is 0 Å². The van der Waals surface area contributed by atoms with Gasteiger partial charge >= 0.3 is 0 Å². The van der Waals surface area contributed by atoms with Crippen molar-refractivity contribution in [3.63, 3.8) is 0 Å². The van der Waals surface area contributed by atoms with Crippen LogP contribution >= 0.6 is 31.5 Å². The lowest BCUT2D eigenvalue weighted by molar-refractivity contribution is 2.05. The summed E-state index contributed by atoms with van der Waals surface area (Å²) in [5.41, 5.74) is 0. The zero-order valence-electron chi connectivity index (χ0n) is 3.39. The van der Waals surface area contributed by atoms with Crippen molar-refractivity contribution in [1.82, 2.24) is 0 Å². The molecule has 0 amide bonds. The highest BCUT2D eigenvalue weighted by Crippen LogP contribution is 2.05. The van der Waals surface area contributed by atoms with Gasteiger partial charge in [-0.3, -0.25) is 0 Å². The maximum absolute atomic E-state index is 3.53. The van der Waals surface area contributed by atoms with Gasteiger partial charge in [0.15, 0.2) is 4.29 Å². The minimum atomic E-state index is 0.542. The molecule has 6 heavy (non-hydrogen) atoms. The summed E-state index contributed by atoms with van der Waals surface area (Å²) in [7, 11) is 2.64. The van der Waals surface area contributed by atoms with Gasteiger partial charge in [-0.15, -0.1) is 0 Å². The maximum atomic E-state index is 3.53. The average Bonchev–Trinajstić information content (AvgIpc) is 1.35. The van der Waals surface area contributed by atoms with E-state index in [9.17, 15) is 0 Å². The molecule has 0 aliphatic rings. The Morgan fingerprint density at radius 1 is 2.00 bits per heavy atom. The molecule has 0 bridgehead atoms. The molecule has 1 atom stereocenters. The highest BCUT2D eigenvalue weighted by molar-refractivity contribution is 14.1. The molecule has 0 aromatic rings. The molecule has 0 spiro atoms. The summed E-state index contributed by atoms with van der Waals surface area (Å²) < 4.78 is 0.542. The Hall–Kier alpha value is 0.835. The molecule has 1 unspecified atom stereocenters. The number of allylic oxidation sites excluding steroid dienone is 1. The van der Waals surface area contributed by atoms with Gasteiger partial charge in [0, 0.05) is 0 Å². The van der Waals surface area contributed by atoms with Gasteiger partial charge in [0.1, 0.15) is 0 Å². The topological polar surface area (TPSA) is 0 Å². The van der Waals surface area contributed by atoms with Crippen LogP contribution in [0.25, 0.3) is 0 Å². The smallest absolute Gasteiger partial charge is 0.171 e. The largest absolute Gasteiger partial charge is 0.245 e. The SMILES string of the molecule is C=C[CH-]B(P)I. The summed E-state index contributed by atoms with van der Waals surface area (Å²) >= 11 is 2.28. The summed E-state index contributed by atoms with van der Waals surface area (Å²) in [6.45, 7) is 3.53. The maximum Gasteiger partial charge on any atom is 0.171 e. The van der Waals surface area contributed by atoms with Crippen molar-refractivity contribution in [3.8, 4) is 0 Å². The van der Waals surface area contributed by atoms with E-state index >= 15 is 0 Å². The molecule has 0 saturated carbocycles. The summed E-state index contributed by atoms with van der Waals surface area (Å²) in [6, 6.07) is 0. The van der Waals surface area contributed by atoms with Gasteiger partial charge in [-0.1, -0.05) is 0 Å². The first kappa shape index (κ1) is 6.83. The van der Waals surface area contributed by atoms with Gasteiger partial charge in [-0.25, -0.2) is 19.0 Å². The van der Waals surface area contributed by atoms with E-state index in [2.05, 4.69) is 38.1 Å².